The predicted molar refractivity (Wildman–Crippen MR) is 45.2 cm³/mol. The van der Waals surface area contributed by atoms with E-state index in [9.17, 15) is 13.2 Å². The first-order chi connectivity index (χ1) is 5.58. The zero-order valence-corrected chi connectivity index (χ0v) is 8.37. The van der Waals surface area contributed by atoms with Crippen LogP contribution in [0.3, 0.4) is 0 Å². The standard InChI is InChI=1S/C7H5F3SSe/c8-7(9,10)12-5-3-6-2-1-4-11-6/h1-5H/b5-3+. The summed E-state index contributed by atoms with van der Waals surface area (Å²) in [6.07, 6.45) is 1.51. The van der Waals surface area contributed by atoms with Gasteiger partial charge >= 0.3 is 78.0 Å². The Labute approximate surface area is 78.3 Å². The van der Waals surface area contributed by atoms with Crippen LogP contribution in [0.4, 0.5) is 13.2 Å². The summed E-state index contributed by atoms with van der Waals surface area (Å²) in [5.41, 5.74) is 0. The molecule has 66 valence electrons. The molecule has 12 heavy (non-hydrogen) atoms. The van der Waals surface area contributed by atoms with Crippen molar-refractivity contribution in [3.63, 3.8) is 0 Å². The second-order valence-corrected chi connectivity index (χ2v) is 4.90. The Morgan fingerprint density at radius 2 is 2.17 bits per heavy atom. The summed E-state index contributed by atoms with van der Waals surface area (Å²) >= 11 is 0.0375. The maximum atomic E-state index is 11.7. The van der Waals surface area contributed by atoms with Crippen LogP contribution in [0.5, 0.6) is 0 Å². The Morgan fingerprint density at radius 1 is 1.42 bits per heavy atom. The molecule has 1 aromatic heterocycles. The first-order valence-corrected chi connectivity index (χ1v) is 5.75. The van der Waals surface area contributed by atoms with E-state index in [0.29, 0.717) is 0 Å². The zero-order chi connectivity index (χ0) is 9.03. The van der Waals surface area contributed by atoms with Crippen molar-refractivity contribution in [1.29, 1.82) is 0 Å². The van der Waals surface area contributed by atoms with Crippen LogP contribution in [0.15, 0.2) is 22.5 Å². The number of hydrogen-bond acceptors (Lipinski definition) is 1. The SMILES string of the molecule is FC(F)(F)[Se]/C=C/c1cccs1. The number of rotatable bonds is 2. The average molecular weight is 257 g/mol. The van der Waals surface area contributed by atoms with Crippen molar-refractivity contribution in [2.24, 2.45) is 0 Å². The first-order valence-electron chi connectivity index (χ1n) is 3.02. The molecule has 0 bridgehead atoms. The van der Waals surface area contributed by atoms with E-state index in [4.69, 9.17) is 0 Å². The van der Waals surface area contributed by atoms with Crippen LogP contribution in [0.2, 0.25) is 0 Å². The minimum atomic E-state index is -4.03. The molecule has 0 N–H and O–H groups in total. The molecule has 1 heterocycles. The summed E-state index contributed by atoms with van der Waals surface area (Å²) in [7, 11) is 0. The molecule has 0 aliphatic heterocycles. The van der Waals surface area contributed by atoms with Crippen molar-refractivity contribution < 1.29 is 13.2 Å². The molecule has 0 spiro atoms. The van der Waals surface area contributed by atoms with Crippen molar-refractivity contribution >= 4 is 32.4 Å². The molecule has 1 aromatic rings. The van der Waals surface area contributed by atoms with Crippen LogP contribution in [-0.4, -0.2) is 20.0 Å². The molecule has 0 radical (unpaired) electrons. The Morgan fingerprint density at radius 3 is 2.67 bits per heavy atom. The van der Waals surface area contributed by atoms with E-state index >= 15 is 0 Å². The van der Waals surface area contributed by atoms with Gasteiger partial charge in [0.25, 0.3) is 0 Å². The van der Waals surface area contributed by atoms with Gasteiger partial charge in [0.2, 0.25) is 0 Å². The van der Waals surface area contributed by atoms with E-state index in [-0.39, 0.29) is 0 Å². The molecule has 0 atom stereocenters. The van der Waals surface area contributed by atoms with Crippen LogP contribution in [0.25, 0.3) is 6.08 Å². The van der Waals surface area contributed by atoms with Gasteiger partial charge in [0.05, 0.1) is 0 Å². The molecule has 0 amide bonds. The zero-order valence-electron chi connectivity index (χ0n) is 5.84. The normalized spacial score (nSPS) is 12.6. The van der Waals surface area contributed by atoms with Gasteiger partial charge in [-0.2, -0.15) is 0 Å². The van der Waals surface area contributed by atoms with Crippen molar-refractivity contribution in [2.75, 3.05) is 0 Å². The Kier molecular flexibility index (Phi) is 3.38. The third-order valence-corrected chi connectivity index (χ3v) is 2.95. The Bertz CT molecular complexity index is 250. The van der Waals surface area contributed by atoms with Crippen LogP contribution >= 0.6 is 11.3 Å². The van der Waals surface area contributed by atoms with Gasteiger partial charge in [-0.1, -0.05) is 0 Å². The number of thiophene rings is 1. The van der Waals surface area contributed by atoms with E-state index in [1.54, 1.807) is 6.07 Å². The quantitative estimate of drug-likeness (QED) is 0.714. The molecule has 0 aliphatic carbocycles. The van der Waals surface area contributed by atoms with Crippen LogP contribution < -0.4 is 0 Å². The number of alkyl halides is 3. The van der Waals surface area contributed by atoms with E-state index < -0.39 is 20.0 Å². The van der Waals surface area contributed by atoms with Gasteiger partial charge in [-0.3, -0.25) is 0 Å². The van der Waals surface area contributed by atoms with Crippen molar-refractivity contribution in [3.05, 3.63) is 27.4 Å². The molecule has 0 aromatic carbocycles. The predicted octanol–water partition coefficient (Wildman–Crippen LogP) is 2.94. The fourth-order valence-corrected chi connectivity index (χ4v) is 2.15. The minimum absolute atomic E-state index is 0.862. The van der Waals surface area contributed by atoms with Crippen molar-refractivity contribution in [3.8, 4) is 0 Å². The monoisotopic (exact) mass is 258 g/mol. The summed E-state index contributed by atoms with van der Waals surface area (Å²) in [5.74, 6) is 0. The molecular formula is C7H5F3SSe. The third-order valence-electron chi connectivity index (χ3n) is 0.977. The van der Waals surface area contributed by atoms with Crippen LogP contribution in [0.1, 0.15) is 4.88 Å². The summed E-state index contributed by atoms with van der Waals surface area (Å²) in [5, 5.41) is -2.19. The van der Waals surface area contributed by atoms with Gasteiger partial charge in [0, 0.05) is 0 Å². The molecule has 5 heteroatoms. The van der Waals surface area contributed by atoms with Crippen molar-refractivity contribution in [2.45, 2.75) is 5.07 Å². The Balaban J connectivity index is 2.42. The molecule has 0 saturated heterocycles. The molecule has 0 unspecified atom stereocenters. The van der Waals surface area contributed by atoms with Gasteiger partial charge in [-0.05, 0) is 0 Å². The second kappa shape index (κ2) is 4.12. The summed E-state index contributed by atoms with van der Waals surface area (Å²) in [6, 6.07) is 3.60. The van der Waals surface area contributed by atoms with Crippen molar-refractivity contribution in [1.82, 2.24) is 0 Å². The molecule has 0 saturated carbocycles. The van der Waals surface area contributed by atoms with Gasteiger partial charge in [-0.15, -0.1) is 0 Å². The average Bonchev–Trinajstić information content (AvgIpc) is 2.36. The summed E-state index contributed by atoms with van der Waals surface area (Å²) in [4.78, 5) is 2.06. The molecule has 0 nitrogen and oxygen atoms in total. The summed E-state index contributed by atoms with van der Waals surface area (Å²) in [6.45, 7) is 0. The second-order valence-electron chi connectivity index (χ2n) is 1.88. The topological polar surface area (TPSA) is 0 Å². The van der Waals surface area contributed by atoms with Gasteiger partial charge in [0.1, 0.15) is 0 Å². The van der Waals surface area contributed by atoms with E-state index in [0.717, 1.165) is 4.88 Å². The maximum absolute atomic E-state index is 11.7. The van der Waals surface area contributed by atoms with Crippen LogP contribution in [-0.2, 0) is 0 Å². The van der Waals surface area contributed by atoms with E-state index in [2.05, 4.69) is 0 Å². The third kappa shape index (κ3) is 3.95. The molecule has 0 aliphatic rings. The fraction of sp³-hybridized carbons (Fsp3) is 0.143. The van der Waals surface area contributed by atoms with Gasteiger partial charge in [-0.25, -0.2) is 0 Å². The van der Waals surface area contributed by atoms with Gasteiger partial charge < -0.3 is 0 Å². The summed E-state index contributed by atoms with van der Waals surface area (Å²) < 4.78 is 35.0. The van der Waals surface area contributed by atoms with Crippen LogP contribution in [0, 0.1) is 0 Å². The van der Waals surface area contributed by atoms with E-state index in [1.807, 2.05) is 11.4 Å². The first kappa shape index (κ1) is 9.83. The molecule has 1 rings (SSSR count). The molecular weight excluding hydrogens is 252 g/mol. The number of hydrogen-bond donors (Lipinski definition) is 0. The molecule has 0 fully saturated rings. The number of halogens is 3. The van der Waals surface area contributed by atoms with E-state index in [1.165, 1.54) is 22.4 Å². The van der Waals surface area contributed by atoms with Gasteiger partial charge in [0.15, 0.2) is 0 Å². The fourth-order valence-electron chi connectivity index (χ4n) is 0.564. The Hall–Kier alpha value is -0.251.